The molecule has 1 N–H and O–H groups in total. The predicted molar refractivity (Wildman–Crippen MR) is 73.6 cm³/mol. The van der Waals surface area contributed by atoms with E-state index in [0.717, 1.165) is 10.2 Å². The maximum atomic E-state index is 10.6. The van der Waals surface area contributed by atoms with Crippen LogP contribution >= 0.6 is 15.9 Å². The van der Waals surface area contributed by atoms with Crippen molar-refractivity contribution < 1.29 is 9.90 Å². The normalized spacial score (nSPS) is 10.2. The third-order valence-corrected chi connectivity index (χ3v) is 3.25. The molecule has 0 fully saturated rings. The topological polar surface area (TPSA) is 64.3 Å². The molecule has 5 heteroatoms. The quantitative estimate of drug-likeness (QED) is 0.908. The van der Waals surface area contributed by atoms with Gasteiger partial charge in [0.1, 0.15) is 6.07 Å². The molecule has 0 spiro atoms. The number of hydrogen-bond donors (Lipinski definition) is 1. The largest absolute Gasteiger partial charge is 0.481 e. The van der Waals surface area contributed by atoms with E-state index < -0.39 is 5.97 Å². The Bertz CT molecular complexity index is 480. The maximum Gasteiger partial charge on any atom is 0.305 e. The van der Waals surface area contributed by atoms with E-state index in [0.29, 0.717) is 12.1 Å². The SMILES string of the molecule is CC(C)N(CCC(=O)O)c1ccc(C#N)c(Br)c1. The van der Waals surface area contributed by atoms with Gasteiger partial charge in [-0.1, -0.05) is 0 Å². The lowest BCUT2D eigenvalue weighted by Gasteiger charge is -2.28. The average molecular weight is 311 g/mol. The van der Waals surface area contributed by atoms with E-state index in [2.05, 4.69) is 22.0 Å². The second-order valence-corrected chi connectivity index (χ2v) is 5.06. The van der Waals surface area contributed by atoms with E-state index in [-0.39, 0.29) is 12.5 Å². The van der Waals surface area contributed by atoms with Crippen molar-refractivity contribution in [1.82, 2.24) is 0 Å². The molecule has 0 bridgehead atoms. The Morgan fingerprint density at radius 1 is 1.56 bits per heavy atom. The summed E-state index contributed by atoms with van der Waals surface area (Å²) in [5, 5.41) is 17.6. The molecule has 0 aliphatic rings. The van der Waals surface area contributed by atoms with Gasteiger partial charge in [-0.05, 0) is 48.0 Å². The van der Waals surface area contributed by atoms with Crippen LogP contribution in [0.5, 0.6) is 0 Å². The number of carbonyl (C=O) groups is 1. The van der Waals surface area contributed by atoms with Crippen LogP contribution in [0.2, 0.25) is 0 Å². The van der Waals surface area contributed by atoms with Gasteiger partial charge in [0.15, 0.2) is 0 Å². The minimum Gasteiger partial charge on any atom is -0.481 e. The summed E-state index contributed by atoms with van der Waals surface area (Å²) in [6, 6.07) is 7.70. The second kappa shape index (κ2) is 6.41. The third kappa shape index (κ3) is 3.74. The summed E-state index contributed by atoms with van der Waals surface area (Å²) in [6.07, 6.45) is 0.0931. The zero-order chi connectivity index (χ0) is 13.7. The summed E-state index contributed by atoms with van der Waals surface area (Å²) in [5.74, 6) is -0.812. The van der Waals surface area contributed by atoms with Gasteiger partial charge >= 0.3 is 5.97 Å². The minimum absolute atomic E-state index is 0.0931. The van der Waals surface area contributed by atoms with E-state index in [1.807, 2.05) is 30.9 Å². The summed E-state index contributed by atoms with van der Waals surface area (Å²) in [4.78, 5) is 12.6. The lowest BCUT2D eigenvalue weighted by Crippen LogP contribution is -2.32. The van der Waals surface area contributed by atoms with Crippen LogP contribution in [0.4, 0.5) is 5.69 Å². The Balaban J connectivity index is 2.96. The molecule has 1 rings (SSSR count). The zero-order valence-electron chi connectivity index (χ0n) is 10.4. The van der Waals surface area contributed by atoms with Crippen molar-refractivity contribution in [3.8, 4) is 6.07 Å². The first-order valence-electron chi connectivity index (χ1n) is 5.63. The first kappa shape index (κ1) is 14.5. The molecule has 0 saturated carbocycles. The lowest BCUT2D eigenvalue weighted by molar-refractivity contribution is -0.136. The number of benzene rings is 1. The van der Waals surface area contributed by atoms with E-state index >= 15 is 0 Å². The molecule has 0 unspecified atom stereocenters. The van der Waals surface area contributed by atoms with Crippen molar-refractivity contribution in [2.45, 2.75) is 26.3 Å². The van der Waals surface area contributed by atoms with Gasteiger partial charge in [0.2, 0.25) is 0 Å². The van der Waals surface area contributed by atoms with E-state index in [9.17, 15) is 4.79 Å². The Morgan fingerprint density at radius 3 is 2.67 bits per heavy atom. The average Bonchev–Trinajstić information content (AvgIpc) is 2.28. The molecule has 0 aliphatic heterocycles. The highest BCUT2D eigenvalue weighted by Crippen LogP contribution is 2.25. The predicted octanol–water partition coefficient (Wildman–Crippen LogP) is 3.01. The first-order valence-corrected chi connectivity index (χ1v) is 6.43. The molecule has 96 valence electrons. The van der Waals surface area contributed by atoms with Gasteiger partial charge in [-0.3, -0.25) is 4.79 Å². The molecule has 1 aromatic rings. The smallest absolute Gasteiger partial charge is 0.305 e. The van der Waals surface area contributed by atoms with Gasteiger partial charge in [-0.15, -0.1) is 0 Å². The summed E-state index contributed by atoms with van der Waals surface area (Å²) >= 11 is 3.34. The monoisotopic (exact) mass is 310 g/mol. The number of hydrogen-bond acceptors (Lipinski definition) is 3. The number of carboxylic acids is 1. The van der Waals surface area contributed by atoms with Crippen LogP contribution in [-0.4, -0.2) is 23.7 Å². The van der Waals surface area contributed by atoms with Crippen LogP contribution < -0.4 is 4.90 Å². The fourth-order valence-corrected chi connectivity index (χ4v) is 2.13. The molecule has 0 amide bonds. The number of carboxylic acid groups (broad SMARTS) is 1. The molecule has 1 aromatic carbocycles. The fraction of sp³-hybridized carbons (Fsp3) is 0.385. The summed E-state index contributed by atoms with van der Waals surface area (Å²) in [5.41, 5.74) is 1.48. The molecule has 0 heterocycles. The van der Waals surface area contributed by atoms with Gasteiger partial charge in [-0.2, -0.15) is 5.26 Å². The van der Waals surface area contributed by atoms with Gasteiger partial charge in [0.05, 0.1) is 12.0 Å². The summed E-state index contributed by atoms with van der Waals surface area (Å²) < 4.78 is 0.725. The molecule has 18 heavy (non-hydrogen) atoms. The molecule has 0 aliphatic carbocycles. The van der Waals surface area contributed by atoms with Gasteiger partial charge in [0, 0.05) is 22.7 Å². The van der Waals surface area contributed by atoms with Crippen LogP contribution in [0.25, 0.3) is 0 Å². The van der Waals surface area contributed by atoms with Crippen molar-refractivity contribution in [3.05, 3.63) is 28.2 Å². The van der Waals surface area contributed by atoms with Crippen LogP contribution in [-0.2, 0) is 4.79 Å². The van der Waals surface area contributed by atoms with E-state index in [4.69, 9.17) is 10.4 Å². The highest BCUT2D eigenvalue weighted by atomic mass is 79.9. The highest BCUT2D eigenvalue weighted by molar-refractivity contribution is 9.10. The van der Waals surface area contributed by atoms with Crippen molar-refractivity contribution in [3.63, 3.8) is 0 Å². The molecular weight excluding hydrogens is 296 g/mol. The van der Waals surface area contributed by atoms with E-state index in [1.54, 1.807) is 6.07 Å². The van der Waals surface area contributed by atoms with Crippen molar-refractivity contribution >= 4 is 27.6 Å². The molecule has 4 nitrogen and oxygen atoms in total. The fourth-order valence-electron chi connectivity index (χ4n) is 1.67. The van der Waals surface area contributed by atoms with Crippen molar-refractivity contribution in [2.24, 2.45) is 0 Å². The third-order valence-electron chi connectivity index (χ3n) is 2.59. The molecule has 0 atom stereocenters. The Labute approximate surface area is 115 Å². The number of anilines is 1. The minimum atomic E-state index is -0.812. The Kier molecular flexibility index (Phi) is 5.17. The summed E-state index contributed by atoms with van der Waals surface area (Å²) in [7, 11) is 0. The Hall–Kier alpha value is -1.54. The number of rotatable bonds is 5. The van der Waals surface area contributed by atoms with E-state index in [1.165, 1.54) is 0 Å². The molecule has 0 aromatic heterocycles. The number of aliphatic carboxylic acids is 1. The van der Waals surface area contributed by atoms with Gasteiger partial charge in [-0.25, -0.2) is 0 Å². The highest BCUT2D eigenvalue weighted by Gasteiger charge is 2.13. The van der Waals surface area contributed by atoms with Crippen LogP contribution in [0.1, 0.15) is 25.8 Å². The number of halogens is 1. The lowest BCUT2D eigenvalue weighted by atomic mass is 10.1. The van der Waals surface area contributed by atoms with Crippen LogP contribution in [0.15, 0.2) is 22.7 Å². The zero-order valence-corrected chi connectivity index (χ0v) is 11.9. The molecule has 0 radical (unpaired) electrons. The second-order valence-electron chi connectivity index (χ2n) is 4.21. The maximum absolute atomic E-state index is 10.6. The van der Waals surface area contributed by atoms with Gasteiger partial charge in [0.25, 0.3) is 0 Å². The first-order chi connectivity index (χ1) is 8.45. The van der Waals surface area contributed by atoms with Crippen molar-refractivity contribution in [2.75, 3.05) is 11.4 Å². The van der Waals surface area contributed by atoms with Crippen LogP contribution in [0.3, 0.4) is 0 Å². The van der Waals surface area contributed by atoms with Gasteiger partial charge < -0.3 is 10.0 Å². The van der Waals surface area contributed by atoms with Crippen molar-refractivity contribution in [1.29, 1.82) is 5.26 Å². The number of nitrogens with zero attached hydrogens (tertiary/aromatic N) is 2. The number of nitriles is 1. The Morgan fingerprint density at radius 2 is 2.22 bits per heavy atom. The molecule has 0 saturated heterocycles. The standard InChI is InChI=1S/C13H15BrN2O2/c1-9(2)16(6-5-13(17)18)11-4-3-10(8-15)12(14)7-11/h3-4,7,9H,5-6H2,1-2H3,(H,17,18). The summed E-state index contributed by atoms with van der Waals surface area (Å²) in [6.45, 7) is 4.47. The molecular formula is C13H15BrN2O2. The van der Waals surface area contributed by atoms with Crippen LogP contribution in [0, 0.1) is 11.3 Å².